The molecule has 0 heterocycles. The summed E-state index contributed by atoms with van der Waals surface area (Å²) in [5, 5.41) is 0. The summed E-state index contributed by atoms with van der Waals surface area (Å²) in [4.78, 5) is 0. The van der Waals surface area contributed by atoms with Gasteiger partial charge in [-0.25, -0.2) is 0 Å². The fraction of sp³-hybridized carbons (Fsp3) is 0.684. The molecule has 1 rings (SSSR count). The zero-order valence-electron chi connectivity index (χ0n) is 14.9. The predicted octanol–water partition coefficient (Wildman–Crippen LogP) is 4.83. The van der Waals surface area contributed by atoms with Gasteiger partial charge in [0, 0.05) is 12.1 Å². The van der Waals surface area contributed by atoms with Crippen LogP contribution in [0.4, 0.5) is 0 Å². The number of benzene rings is 1. The summed E-state index contributed by atoms with van der Waals surface area (Å²) in [5.74, 6) is 1.01. The third kappa shape index (κ3) is 5.12. The molecular formula is C19H33NO. The maximum absolute atomic E-state index is 6.20. The Morgan fingerprint density at radius 2 is 1.57 bits per heavy atom. The Balaban J connectivity index is 2.78. The van der Waals surface area contributed by atoms with E-state index in [1.165, 1.54) is 11.1 Å². The number of ether oxygens (including phenoxy) is 1. The molecule has 2 N–H and O–H groups in total. The average molecular weight is 291 g/mol. The second-order valence-electron chi connectivity index (χ2n) is 7.42. The molecule has 0 aliphatic heterocycles. The summed E-state index contributed by atoms with van der Waals surface area (Å²) in [6.07, 6.45) is 1.11. The van der Waals surface area contributed by atoms with Gasteiger partial charge in [0.1, 0.15) is 0 Å². The van der Waals surface area contributed by atoms with Gasteiger partial charge in [-0.05, 0) is 64.0 Å². The lowest BCUT2D eigenvalue weighted by Crippen LogP contribution is -2.39. The maximum Gasteiger partial charge on any atom is 0.0875 e. The van der Waals surface area contributed by atoms with Crippen LogP contribution in [-0.4, -0.2) is 12.1 Å². The van der Waals surface area contributed by atoms with Crippen molar-refractivity contribution in [3.05, 3.63) is 35.4 Å². The van der Waals surface area contributed by atoms with Crippen molar-refractivity contribution in [3.63, 3.8) is 0 Å². The number of hydrogen-bond acceptors (Lipinski definition) is 2. The fourth-order valence-corrected chi connectivity index (χ4v) is 2.63. The smallest absolute Gasteiger partial charge is 0.0875 e. The van der Waals surface area contributed by atoms with E-state index in [9.17, 15) is 0 Å². The summed E-state index contributed by atoms with van der Waals surface area (Å²) < 4.78 is 5.81. The van der Waals surface area contributed by atoms with Crippen molar-refractivity contribution in [2.45, 2.75) is 71.9 Å². The first-order valence-electron chi connectivity index (χ1n) is 8.11. The Hall–Kier alpha value is -0.860. The minimum absolute atomic E-state index is 0.120. The van der Waals surface area contributed by atoms with Gasteiger partial charge in [0.15, 0.2) is 0 Å². The molecule has 1 aromatic rings. The van der Waals surface area contributed by atoms with E-state index < -0.39 is 0 Å². The summed E-state index contributed by atoms with van der Waals surface area (Å²) >= 11 is 0. The summed E-state index contributed by atoms with van der Waals surface area (Å²) in [6.45, 7) is 15.7. The topological polar surface area (TPSA) is 35.2 Å². The SMILES string of the molecule is CCOC(C)(C)c1ccc(C(C)CC(C)C(C)(C)N)cc1. The van der Waals surface area contributed by atoms with Gasteiger partial charge in [0.25, 0.3) is 0 Å². The Morgan fingerprint density at radius 1 is 1.05 bits per heavy atom. The zero-order chi connectivity index (χ0) is 16.3. The molecule has 0 radical (unpaired) electrons. The Bertz CT molecular complexity index is 428. The van der Waals surface area contributed by atoms with E-state index >= 15 is 0 Å². The van der Waals surface area contributed by atoms with Gasteiger partial charge < -0.3 is 10.5 Å². The molecule has 0 fully saturated rings. The number of hydrogen-bond donors (Lipinski definition) is 1. The van der Waals surface area contributed by atoms with Crippen LogP contribution in [0.3, 0.4) is 0 Å². The Labute approximate surface area is 131 Å². The van der Waals surface area contributed by atoms with Crippen LogP contribution in [0.15, 0.2) is 24.3 Å². The van der Waals surface area contributed by atoms with Crippen molar-refractivity contribution in [3.8, 4) is 0 Å². The molecule has 0 saturated heterocycles. The molecule has 0 aliphatic rings. The van der Waals surface area contributed by atoms with Crippen molar-refractivity contribution in [1.82, 2.24) is 0 Å². The first-order valence-corrected chi connectivity index (χ1v) is 8.11. The largest absolute Gasteiger partial charge is 0.371 e. The van der Waals surface area contributed by atoms with Crippen LogP contribution in [0.25, 0.3) is 0 Å². The van der Waals surface area contributed by atoms with E-state index in [1.54, 1.807) is 0 Å². The van der Waals surface area contributed by atoms with Gasteiger partial charge in [-0.2, -0.15) is 0 Å². The van der Waals surface area contributed by atoms with Crippen LogP contribution in [-0.2, 0) is 10.3 Å². The standard InChI is InChI=1S/C19H33NO/c1-8-21-19(6,7)17-11-9-16(10-12-17)14(2)13-15(3)18(4,5)20/h9-12,14-15H,8,13,20H2,1-7H3. The van der Waals surface area contributed by atoms with Gasteiger partial charge in [-0.3, -0.25) is 0 Å². The molecule has 1 aromatic carbocycles. The second-order valence-corrected chi connectivity index (χ2v) is 7.42. The summed E-state index contributed by atoms with van der Waals surface area (Å²) in [6, 6.07) is 8.85. The van der Waals surface area contributed by atoms with E-state index in [4.69, 9.17) is 10.5 Å². The van der Waals surface area contributed by atoms with E-state index in [0.717, 1.165) is 13.0 Å². The van der Waals surface area contributed by atoms with Crippen molar-refractivity contribution >= 4 is 0 Å². The first kappa shape index (κ1) is 18.2. The maximum atomic E-state index is 6.20. The fourth-order valence-electron chi connectivity index (χ4n) is 2.63. The molecule has 0 bridgehead atoms. The van der Waals surface area contributed by atoms with Crippen molar-refractivity contribution < 1.29 is 4.74 Å². The molecule has 2 nitrogen and oxygen atoms in total. The molecule has 0 amide bonds. The molecule has 0 spiro atoms. The molecule has 2 unspecified atom stereocenters. The van der Waals surface area contributed by atoms with E-state index in [0.29, 0.717) is 11.8 Å². The quantitative estimate of drug-likeness (QED) is 0.781. The van der Waals surface area contributed by atoms with E-state index in [2.05, 4.69) is 65.8 Å². The van der Waals surface area contributed by atoms with Crippen molar-refractivity contribution in [1.29, 1.82) is 0 Å². The van der Waals surface area contributed by atoms with E-state index in [-0.39, 0.29) is 11.1 Å². The monoisotopic (exact) mass is 291 g/mol. The molecule has 21 heavy (non-hydrogen) atoms. The Kier molecular flexibility index (Phi) is 6.01. The molecule has 0 saturated carbocycles. The normalized spacial score (nSPS) is 15.8. The van der Waals surface area contributed by atoms with Crippen LogP contribution in [0, 0.1) is 5.92 Å². The van der Waals surface area contributed by atoms with Crippen LogP contribution in [0.5, 0.6) is 0 Å². The van der Waals surface area contributed by atoms with Crippen LogP contribution >= 0.6 is 0 Å². The number of rotatable bonds is 7. The van der Waals surface area contributed by atoms with Crippen LogP contribution in [0.2, 0.25) is 0 Å². The molecule has 0 aliphatic carbocycles. The first-order chi connectivity index (χ1) is 9.58. The molecule has 120 valence electrons. The highest BCUT2D eigenvalue weighted by atomic mass is 16.5. The highest BCUT2D eigenvalue weighted by Gasteiger charge is 2.24. The highest BCUT2D eigenvalue weighted by Crippen LogP contribution is 2.30. The minimum Gasteiger partial charge on any atom is -0.371 e. The molecule has 2 heteroatoms. The highest BCUT2D eigenvalue weighted by molar-refractivity contribution is 5.28. The zero-order valence-corrected chi connectivity index (χ0v) is 14.9. The van der Waals surface area contributed by atoms with Gasteiger partial charge in [0.05, 0.1) is 5.60 Å². The van der Waals surface area contributed by atoms with Crippen molar-refractivity contribution in [2.75, 3.05) is 6.61 Å². The van der Waals surface area contributed by atoms with E-state index in [1.807, 2.05) is 6.92 Å². The lowest BCUT2D eigenvalue weighted by molar-refractivity contribution is -0.0140. The van der Waals surface area contributed by atoms with Gasteiger partial charge in [-0.15, -0.1) is 0 Å². The van der Waals surface area contributed by atoms with Gasteiger partial charge in [0.2, 0.25) is 0 Å². The lowest BCUT2D eigenvalue weighted by atomic mass is 9.81. The minimum atomic E-state index is -0.219. The molecular weight excluding hydrogens is 258 g/mol. The third-order valence-electron chi connectivity index (χ3n) is 4.66. The Morgan fingerprint density at radius 3 is 2.00 bits per heavy atom. The van der Waals surface area contributed by atoms with Gasteiger partial charge in [-0.1, -0.05) is 38.1 Å². The summed E-state index contributed by atoms with van der Waals surface area (Å²) in [7, 11) is 0. The van der Waals surface area contributed by atoms with Crippen LogP contribution in [0.1, 0.15) is 71.9 Å². The number of nitrogens with two attached hydrogens (primary N) is 1. The lowest BCUT2D eigenvalue weighted by Gasteiger charge is -2.30. The van der Waals surface area contributed by atoms with Crippen molar-refractivity contribution in [2.24, 2.45) is 11.7 Å². The third-order valence-corrected chi connectivity index (χ3v) is 4.66. The summed E-state index contributed by atoms with van der Waals surface area (Å²) in [5.41, 5.74) is 8.47. The predicted molar refractivity (Wildman–Crippen MR) is 91.6 cm³/mol. The molecule has 2 atom stereocenters. The molecule has 0 aromatic heterocycles. The van der Waals surface area contributed by atoms with Crippen LogP contribution < -0.4 is 5.73 Å². The average Bonchev–Trinajstić information content (AvgIpc) is 2.37. The second kappa shape index (κ2) is 6.93. The van der Waals surface area contributed by atoms with Gasteiger partial charge >= 0.3 is 0 Å².